The van der Waals surface area contributed by atoms with Gasteiger partial charge in [-0.05, 0) is 36.4 Å². The van der Waals surface area contributed by atoms with Crippen LogP contribution in [0.3, 0.4) is 0 Å². The monoisotopic (exact) mass is 305 g/mol. The second-order valence-corrected chi connectivity index (χ2v) is 4.59. The van der Waals surface area contributed by atoms with Gasteiger partial charge in [-0.1, -0.05) is 11.6 Å². The second-order valence-electron chi connectivity index (χ2n) is 4.19. The number of rotatable bonds is 4. The minimum atomic E-state index is -1.04. The van der Waals surface area contributed by atoms with Gasteiger partial charge in [0.2, 0.25) is 0 Å². The fourth-order valence-corrected chi connectivity index (χ4v) is 1.90. The van der Waals surface area contributed by atoms with E-state index in [1.165, 1.54) is 31.4 Å². The SMILES string of the molecule is COc1cc(NC(=O)c2ccc(C(=O)O)cc2)ccc1Cl. The van der Waals surface area contributed by atoms with E-state index in [4.69, 9.17) is 21.4 Å². The number of hydrogen-bond donors (Lipinski definition) is 2. The van der Waals surface area contributed by atoms with Crippen LogP contribution in [-0.2, 0) is 0 Å². The van der Waals surface area contributed by atoms with Crippen LogP contribution in [0.4, 0.5) is 5.69 Å². The van der Waals surface area contributed by atoms with Crippen molar-refractivity contribution in [2.75, 3.05) is 12.4 Å². The van der Waals surface area contributed by atoms with Crippen LogP contribution < -0.4 is 10.1 Å². The number of carboxylic acid groups (broad SMARTS) is 1. The summed E-state index contributed by atoms with van der Waals surface area (Å²) in [6.45, 7) is 0. The van der Waals surface area contributed by atoms with E-state index < -0.39 is 5.97 Å². The molecule has 0 atom stereocenters. The van der Waals surface area contributed by atoms with E-state index >= 15 is 0 Å². The number of benzene rings is 2. The van der Waals surface area contributed by atoms with Gasteiger partial charge in [-0.3, -0.25) is 4.79 Å². The van der Waals surface area contributed by atoms with E-state index in [1.807, 2.05) is 0 Å². The number of anilines is 1. The van der Waals surface area contributed by atoms with Gasteiger partial charge in [0.15, 0.2) is 0 Å². The minimum absolute atomic E-state index is 0.125. The maximum atomic E-state index is 12.0. The highest BCUT2D eigenvalue weighted by molar-refractivity contribution is 6.32. The van der Waals surface area contributed by atoms with Gasteiger partial charge < -0.3 is 15.2 Å². The maximum absolute atomic E-state index is 12.0. The number of hydrogen-bond acceptors (Lipinski definition) is 3. The van der Waals surface area contributed by atoms with Crippen LogP contribution in [0.1, 0.15) is 20.7 Å². The van der Waals surface area contributed by atoms with Crippen molar-refractivity contribution in [3.63, 3.8) is 0 Å². The first kappa shape index (κ1) is 14.9. The molecule has 0 bridgehead atoms. The largest absolute Gasteiger partial charge is 0.495 e. The average molecular weight is 306 g/mol. The number of carbonyl (C=O) groups excluding carboxylic acids is 1. The molecule has 5 nitrogen and oxygen atoms in total. The average Bonchev–Trinajstić information content (AvgIpc) is 2.49. The topological polar surface area (TPSA) is 75.6 Å². The lowest BCUT2D eigenvalue weighted by molar-refractivity contribution is 0.0696. The first-order valence-corrected chi connectivity index (χ1v) is 6.37. The predicted octanol–water partition coefficient (Wildman–Crippen LogP) is 3.30. The first-order chi connectivity index (χ1) is 10.0. The summed E-state index contributed by atoms with van der Waals surface area (Å²) in [6.07, 6.45) is 0. The predicted molar refractivity (Wildman–Crippen MR) is 79.4 cm³/mol. The van der Waals surface area contributed by atoms with Crippen molar-refractivity contribution in [3.8, 4) is 5.75 Å². The van der Waals surface area contributed by atoms with Crippen LogP contribution in [0, 0.1) is 0 Å². The highest BCUT2D eigenvalue weighted by Gasteiger charge is 2.09. The molecule has 2 rings (SSSR count). The molecule has 0 heterocycles. The zero-order chi connectivity index (χ0) is 15.4. The Morgan fingerprint density at radius 2 is 1.71 bits per heavy atom. The van der Waals surface area contributed by atoms with Gasteiger partial charge >= 0.3 is 5.97 Å². The minimum Gasteiger partial charge on any atom is -0.495 e. The van der Waals surface area contributed by atoms with Gasteiger partial charge in [-0.15, -0.1) is 0 Å². The lowest BCUT2D eigenvalue weighted by Gasteiger charge is -2.08. The zero-order valence-electron chi connectivity index (χ0n) is 11.1. The summed E-state index contributed by atoms with van der Waals surface area (Å²) in [4.78, 5) is 22.8. The number of halogens is 1. The van der Waals surface area contributed by atoms with E-state index in [1.54, 1.807) is 18.2 Å². The third-order valence-corrected chi connectivity index (χ3v) is 3.12. The molecule has 0 saturated heterocycles. The lowest BCUT2D eigenvalue weighted by Crippen LogP contribution is -2.12. The number of aromatic carboxylic acids is 1. The summed E-state index contributed by atoms with van der Waals surface area (Å²) in [5.74, 6) is -0.934. The third kappa shape index (κ3) is 3.52. The lowest BCUT2D eigenvalue weighted by atomic mass is 10.1. The number of ether oxygens (including phenoxy) is 1. The Balaban J connectivity index is 2.15. The van der Waals surface area contributed by atoms with Gasteiger partial charge in [-0.2, -0.15) is 0 Å². The van der Waals surface area contributed by atoms with Crippen LogP contribution in [0.2, 0.25) is 5.02 Å². The fraction of sp³-hybridized carbons (Fsp3) is 0.0667. The molecule has 6 heteroatoms. The molecule has 108 valence electrons. The molecule has 0 aliphatic carbocycles. The zero-order valence-corrected chi connectivity index (χ0v) is 11.8. The van der Waals surface area contributed by atoms with Crippen molar-refractivity contribution in [1.82, 2.24) is 0 Å². The Kier molecular flexibility index (Phi) is 4.45. The highest BCUT2D eigenvalue weighted by Crippen LogP contribution is 2.27. The molecular formula is C15H12ClNO4. The van der Waals surface area contributed by atoms with Gasteiger partial charge in [0, 0.05) is 17.3 Å². The summed E-state index contributed by atoms with van der Waals surface area (Å²) in [7, 11) is 1.48. The molecule has 0 fully saturated rings. The van der Waals surface area contributed by atoms with E-state index in [9.17, 15) is 9.59 Å². The van der Waals surface area contributed by atoms with E-state index in [-0.39, 0.29) is 11.5 Å². The Labute approximate surface area is 126 Å². The number of carboxylic acids is 1. The number of amides is 1. The fourth-order valence-electron chi connectivity index (χ4n) is 1.70. The molecule has 0 aliphatic rings. The Morgan fingerprint density at radius 3 is 2.29 bits per heavy atom. The summed E-state index contributed by atoms with van der Waals surface area (Å²) < 4.78 is 5.07. The molecule has 0 unspecified atom stereocenters. The van der Waals surface area contributed by atoms with Crippen molar-refractivity contribution in [2.45, 2.75) is 0 Å². The third-order valence-electron chi connectivity index (χ3n) is 2.80. The van der Waals surface area contributed by atoms with Crippen LogP contribution in [-0.4, -0.2) is 24.1 Å². The molecule has 0 aromatic heterocycles. The van der Waals surface area contributed by atoms with Gasteiger partial charge in [0.1, 0.15) is 5.75 Å². The van der Waals surface area contributed by atoms with E-state index in [0.29, 0.717) is 22.0 Å². The Bertz CT molecular complexity index is 683. The summed E-state index contributed by atoms with van der Waals surface area (Å²) in [5.41, 5.74) is 1.01. The van der Waals surface area contributed by atoms with Crippen LogP contribution in [0.25, 0.3) is 0 Å². The molecule has 2 aromatic rings. The molecule has 0 spiro atoms. The standard InChI is InChI=1S/C15H12ClNO4/c1-21-13-8-11(6-7-12(13)16)17-14(18)9-2-4-10(5-3-9)15(19)20/h2-8H,1H3,(H,17,18)(H,19,20). The molecular weight excluding hydrogens is 294 g/mol. The maximum Gasteiger partial charge on any atom is 0.335 e. The smallest absolute Gasteiger partial charge is 0.335 e. The van der Waals surface area contributed by atoms with Crippen LogP contribution in [0.5, 0.6) is 5.75 Å². The van der Waals surface area contributed by atoms with Crippen molar-refractivity contribution >= 4 is 29.2 Å². The van der Waals surface area contributed by atoms with Crippen molar-refractivity contribution < 1.29 is 19.4 Å². The molecule has 2 N–H and O–H groups in total. The second kappa shape index (κ2) is 6.28. The summed E-state index contributed by atoms with van der Waals surface area (Å²) in [6, 6.07) is 10.5. The molecule has 0 aliphatic heterocycles. The normalized spacial score (nSPS) is 10.0. The Morgan fingerprint density at radius 1 is 1.10 bits per heavy atom. The van der Waals surface area contributed by atoms with Crippen molar-refractivity contribution in [2.24, 2.45) is 0 Å². The van der Waals surface area contributed by atoms with Crippen molar-refractivity contribution in [3.05, 3.63) is 58.6 Å². The van der Waals surface area contributed by atoms with E-state index in [2.05, 4.69) is 5.32 Å². The molecule has 1 amide bonds. The van der Waals surface area contributed by atoms with Crippen LogP contribution in [0.15, 0.2) is 42.5 Å². The van der Waals surface area contributed by atoms with Gasteiger partial charge in [0.25, 0.3) is 5.91 Å². The number of methoxy groups -OCH3 is 1. The first-order valence-electron chi connectivity index (χ1n) is 5.99. The highest BCUT2D eigenvalue weighted by atomic mass is 35.5. The van der Waals surface area contributed by atoms with Crippen LogP contribution >= 0.6 is 11.6 Å². The Hall–Kier alpha value is -2.53. The molecule has 0 radical (unpaired) electrons. The molecule has 21 heavy (non-hydrogen) atoms. The molecule has 0 saturated carbocycles. The van der Waals surface area contributed by atoms with Crippen molar-refractivity contribution in [1.29, 1.82) is 0 Å². The number of carbonyl (C=O) groups is 2. The molecule has 2 aromatic carbocycles. The summed E-state index contributed by atoms with van der Waals surface area (Å²) >= 11 is 5.90. The number of nitrogens with one attached hydrogen (secondary N) is 1. The van der Waals surface area contributed by atoms with Gasteiger partial charge in [0.05, 0.1) is 17.7 Å². The quantitative estimate of drug-likeness (QED) is 0.908. The van der Waals surface area contributed by atoms with E-state index in [0.717, 1.165) is 0 Å². The van der Waals surface area contributed by atoms with Gasteiger partial charge in [-0.25, -0.2) is 4.79 Å². The summed E-state index contributed by atoms with van der Waals surface area (Å²) in [5, 5.41) is 11.9.